The first kappa shape index (κ1) is 19.9. The number of fused-ring (bicyclic) bond motifs is 1. The summed E-state index contributed by atoms with van der Waals surface area (Å²) in [5, 5.41) is 3.91. The second-order valence-corrected chi connectivity index (χ2v) is 8.71. The first-order valence-corrected chi connectivity index (χ1v) is 10.9. The van der Waals surface area contributed by atoms with Crippen LogP contribution in [-0.4, -0.2) is 19.3 Å². The average molecular weight is 423 g/mol. The van der Waals surface area contributed by atoms with Crippen molar-refractivity contribution in [3.8, 4) is 0 Å². The normalized spacial score (nSPS) is 11.6. The molecule has 2 aromatic carbocycles. The molecule has 30 heavy (non-hydrogen) atoms. The van der Waals surface area contributed by atoms with Gasteiger partial charge in [-0.3, -0.25) is 4.79 Å². The lowest BCUT2D eigenvalue weighted by molar-refractivity contribution is 0.0949. The fourth-order valence-electron chi connectivity index (χ4n) is 3.17. The molecule has 7 nitrogen and oxygen atoms in total. The first-order chi connectivity index (χ1) is 14.4. The van der Waals surface area contributed by atoms with Crippen LogP contribution in [0.15, 0.2) is 76.2 Å². The van der Waals surface area contributed by atoms with Crippen molar-refractivity contribution < 1.29 is 17.6 Å². The van der Waals surface area contributed by atoms with Gasteiger partial charge in [0, 0.05) is 16.8 Å². The average Bonchev–Trinajstić information content (AvgIpc) is 3.40. The number of para-hydroxylation sites is 1. The zero-order valence-corrected chi connectivity index (χ0v) is 17.1. The number of hydrogen-bond donors (Lipinski definition) is 3. The molecule has 0 aliphatic heterocycles. The topological polar surface area (TPSA) is 104 Å². The smallest absolute Gasteiger partial charge is 0.251 e. The second-order valence-electron chi connectivity index (χ2n) is 6.95. The molecule has 4 aromatic rings. The number of carbonyl (C=O) groups excluding carboxylic acids is 1. The summed E-state index contributed by atoms with van der Waals surface area (Å²) < 4.78 is 32.8. The summed E-state index contributed by atoms with van der Waals surface area (Å²) in [4.78, 5) is 16.0. The van der Waals surface area contributed by atoms with Crippen LogP contribution in [0, 0.1) is 6.92 Å². The number of aryl methyl sites for hydroxylation is 1. The number of furan rings is 1. The third-order valence-electron chi connectivity index (χ3n) is 4.81. The minimum Gasteiger partial charge on any atom is -0.468 e. The van der Waals surface area contributed by atoms with Gasteiger partial charge in [-0.15, -0.1) is 0 Å². The molecule has 4 rings (SSSR count). The van der Waals surface area contributed by atoms with E-state index in [1.807, 2.05) is 30.3 Å². The first-order valence-electron chi connectivity index (χ1n) is 9.40. The zero-order chi connectivity index (χ0) is 21.1. The highest BCUT2D eigenvalue weighted by Crippen LogP contribution is 2.18. The van der Waals surface area contributed by atoms with E-state index < -0.39 is 10.0 Å². The molecule has 1 amide bonds. The lowest BCUT2D eigenvalue weighted by Crippen LogP contribution is -2.26. The molecule has 0 fully saturated rings. The maximum absolute atomic E-state index is 12.7. The number of aromatic amines is 1. The Morgan fingerprint density at radius 1 is 1.03 bits per heavy atom. The van der Waals surface area contributed by atoms with Crippen LogP contribution < -0.4 is 10.0 Å². The molecule has 0 aliphatic carbocycles. The Kier molecular flexibility index (Phi) is 5.43. The fourth-order valence-corrected chi connectivity index (χ4v) is 4.19. The van der Waals surface area contributed by atoms with Gasteiger partial charge in [0.05, 0.1) is 24.2 Å². The van der Waals surface area contributed by atoms with Crippen LogP contribution in [-0.2, 0) is 23.1 Å². The van der Waals surface area contributed by atoms with Gasteiger partial charge in [0.25, 0.3) is 5.91 Å². The summed E-state index contributed by atoms with van der Waals surface area (Å²) in [7, 11) is -3.79. The minimum absolute atomic E-state index is 0.0235. The van der Waals surface area contributed by atoms with Crippen LogP contribution in [0.25, 0.3) is 10.9 Å². The molecule has 2 aromatic heterocycles. The number of amides is 1. The van der Waals surface area contributed by atoms with Crippen LogP contribution in [0.4, 0.5) is 0 Å². The molecule has 0 spiro atoms. The van der Waals surface area contributed by atoms with E-state index in [2.05, 4.69) is 15.0 Å². The predicted octanol–water partition coefficient (Wildman–Crippen LogP) is 3.48. The molecule has 0 bridgehead atoms. The van der Waals surface area contributed by atoms with Crippen LogP contribution in [0.2, 0.25) is 0 Å². The van der Waals surface area contributed by atoms with Crippen molar-refractivity contribution in [3.63, 3.8) is 0 Å². The highest BCUT2D eigenvalue weighted by molar-refractivity contribution is 7.89. The summed E-state index contributed by atoms with van der Waals surface area (Å²) in [6, 6.07) is 17.7. The van der Waals surface area contributed by atoms with Gasteiger partial charge < -0.3 is 14.7 Å². The number of hydrogen-bond acceptors (Lipinski definition) is 4. The summed E-state index contributed by atoms with van der Waals surface area (Å²) in [5.74, 6) is 0.163. The zero-order valence-electron chi connectivity index (χ0n) is 16.3. The standard InChI is InChI=1S/C22H21N3O4S/c1-15-8-9-19(30(27,28)24-14-18-6-4-10-29-18)12-20(15)22(26)23-13-17-11-16-5-2-3-7-21(16)25-17/h2-12,24-25H,13-14H2,1H3,(H,23,26). The third-order valence-corrected chi connectivity index (χ3v) is 6.20. The van der Waals surface area contributed by atoms with Crippen molar-refractivity contribution in [2.75, 3.05) is 0 Å². The van der Waals surface area contributed by atoms with Crippen molar-refractivity contribution in [2.24, 2.45) is 0 Å². The quantitative estimate of drug-likeness (QED) is 0.423. The molecule has 3 N–H and O–H groups in total. The van der Waals surface area contributed by atoms with Crippen molar-refractivity contribution in [1.29, 1.82) is 0 Å². The molecule has 0 saturated heterocycles. The molecule has 154 valence electrons. The van der Waals surface area contributed by atoms with E-state index in [-0.39, 0.29) is 17.3 Å². The van der Waals surface area contributed by atoms with Gasteiger partial charge in [0.15, 0.2) is 0 Å². The molecule has 0 aliphatic rings. The minimum atomic E-state index is -3.79. The molecule has 2 heterocycles. The number of H-pyrrole nitrogens is 1. The molecule has 0 saturated carbocycles. The Hall–Kier alpha value is -3.36. The third kappa shape index (κ3) is 4.29. The van der Waals surface area contributed by atoms with Crippen LogP contribution in [0.3, 0.4) is 0 Å². The lowest BCUT2D eigenvalue weighted by atomic mass is 10.1. The van der Waals surface area contributed by atoms with Crippen molar-refractivity contribution in [3.05, 3.63) is 89.5 Å². The number of benzene rings is 2. The largest absolute Gasteiger partial charge is 0.468 e. The summed E-state index contributed by atoms with van der Waals surface area (Å²) in [6.07, 6.45) is 1.48. The predicted molar refractivity (Wildman–Crippen MR) is 113 cm³/mol. The monoisotopic (exact) mass is 423 g/mol. The van der Waals surface area contributed by atoms with Crippen LogP contribution in [0.1, 0.15) is 27.4 Å². The van der Waals surface area contributed by atoms with E-state index in [1.165, 1.54) is 18.4 Å². The number of rotatable bonds is 7. The summed E-state index contributed by atoms with van der Waals surface area (Å²) >= 11 is 0. The van der Waals surface area contributed by atoms with Crippen molar-refractivity contribution in [1.82, 2.24) is 15.0 Å². The van der Waals surface area contributed by atoms with E-state index in [1.54, 1.807) is 25.1 Å². The molecule has 0 atom stereocenters. The second kappa shape index (κ2) is 8.17. The highest BCUT2D eigenvalue weighted by atomic mass is 32.2. The Labute approximate surface area is 174 Å². The number of nitrogens with one attached hydrogen (secondary N) is 3. The molecular weight excluding hydrogens is 402 g/mol. The van der Waals surface area contributed by atoms with Gasteiger partial charge in [-0.1, -0.05) is 24.3 Å². The number of aromatic nitrogens is 1. The highest BCUT2D eigenvalue weighted by Gasteiger charge is 2.18. The molecule has 8 heteroatoms. The van der Waals surface area contributed by atoms with E-state index in [4.69, 9.17) is 4.42 Å². The summed E-state index contributed by atoms with van der Waals surface area (Å²) in [6.45, 7) is 2.11. The lowest BCUT2D eigenvalue weighted by Gasteiger charge is -2.10. The maximum Gasteiger partial charge on any atom is 0.251 e. The van der Waals surface area contributed by atoms with E-state index in [0.29, 0.717) is 23.4 Å². The van der Waals surface area contributed by atoms with Gasteiger partial charge in [-0.2, -0.15) is 0 Å². The van der Waals surface area contributed by atoms with E-state index in [9.17, 15) is 13.2 Å². The Balaban J connectivity index is 1.48. The van der Waals surface area contributed by atoms with Gasteiger partial charge in [-0.05, 0) is 54.3 Å². The van der Waals surface area contributed by atoms with E-state index in [0.717, 1.165) is 16.6 Å². The number of sulfonamides is 1. The van der Waals surface area contributed by atoms with Gasteiger partial charge in [-0.25, -0.2) is 13.1 Å². The van der Waals surface area contributed by atoms with Crippen LogP contribution in [0.5, 0.6) is 0 Å². The Morgan fingerprint density at radius 3 is 2.63 bits per heavy atom. The molecule has 0 unspecified atom stereocenters. The van der Waals surface area contributed by atoms with Gasteiger partial charge in [0.2, 0.25) is 10.0 Å². The molecule has 0 radical (unpaired) electrons. The number of carbonyl (C=O) groups is 1. The SMILES string of the molecule is Cc1ccc(S(=O)(=O)NCc2ccco2)cc1C(=O)NCc1cc2ccccc2[nH]1. The maximum atomic E-state index is 12.7. The van der Waals surface area contributed by atoms with Crippen LogP contribution >= 0.6 is 0 Å². The molecular formula is C22H21N3O4S. The fraction of sp³-hybridized carbons (Fsp3) is 0.136. The van der Waals surface area contributed by atoms with Gasteiger partial charge >= 0.3 is 0 Å². The summed E-state index contributed by atoms with van der Waals surface area (Å²) in [5.41, 5.74) is 2.86. The van der Waals surface area contributed by atoms with E-state index >= 15 is 0 Å². The van der Waals surface area contributed by atoms with Crippen molar-refractivity contribution in [2.45, 2.75) is 24.9 Å². The van der Waals surface area contributed by atoms with Crippen molar-refractivity contribution >= 4 is 26.8 Å². The Morgan fingerprint density at radius 2 is 1.87 bits per heavy atom. The Bertz CT molecular complexity index is 1260. The van der Waals surface area contributed by atoms with Gasteiger partial charge in [0.1, 0.15) is 5.76 Å².